The molecule has 118 valence electrons. The molecular formula is C14H29N3O2S. The van der Waals surface area contributed by atoms with E-state index in [0.717, 1.165) is 32.2 Å². The van der Waals surface area contributed by atoms with Crippen LogP contribution in [0.2, 0.25) is 0 Å². The highest BCUT2D eigenvalue weighted by Crippen LogP contribution is 2.21. The zero-order valence-corrected chi connectivity index (χ0v) is 13.6. The summed E-state index contributed by atoms with van der Waals surface area (Å²) < 4.78 is 29.3. The van der Waals surface area contributed by atoms with Crippen molar-refractivity contribution in [2.45, 2.75) is 64.5 Å². The summed E-state index contributed by atoms with van der Waals surface area (Å²) in [5.41, 5.74) is 0. The van der Waals surface area contributed by atoms with Crippen LogP contribution in [0.1, 0.15) is 52.4 Å². The maximum atomic E-state index is 12.4. The summed E-state index contributed by atoms with van der Waals surface area (Å²) in [6, 6.07) is 0.408. The maximum Gasteiger partial charge on any atom is 0.279 e. The fraction of sp³-hybridized carbons (Fsp3) is 1.00. The van der Waals surface area contributed by atoms with Crippen molar-refractivity contribution >= 4 is 10.2 Å². The van der Waals surface area contributed by atoms with Crippen molar-refractivity contribution in [3.05, 3.63) is 0 Å². The highest BCUT2D eigenvalue weighted by Gasteiger charge is 2.31. The Balaban J connectivity index is 1.91. The molecule has 0 aromatic carbocycles. The van der Waals surface area contributed by atoms with Gasteiger partial charge in [-0.15, -0.1) is 0 Å². The van der Waals surface area contributed by atoms with Crippen LogP contribution in [0.4, 0.5) is 0 Å². The third-order valence-electron chi connectivity index (χ3n) is 4.79. The first-order chi connectivity index (χ1) is 9.54. The molecule has 3 atom stereocenters. The molecule has 2 aliphatic heterocycles. The fourth-order valence-corrected chi connectivity index (χ4v) is 4.96. The van der Waals surface area contributed by atoms with Gasteiger partial charge in [-0.25, -0.2) is 4.72 Å². The second kappa shape index (κ2) is 7.20. The standard InChI is InChI=1S/C14H29N3O2S/c1-3-13-8-6-9-15-14(13)11-16-20(18,19)17-10-5-4-7-12(17)2/h12-16H,3-11H2,1-2H3. The predicted molar refractivity (Wildman–Crippen MR) is 81.7 cm³/mol. The van der Waals surface area contributed by atoms with Crippen LogP contribution < -0.4 is 10.0 Å². The number of nitrogens with zero attached hydrogens (tertiary/aromatic N) is 1. The number of rotatable bonds is 5. The Hall–Kier alpha value is -0.170. The first kappa shape index (κ1) is 16.2. The molecule has 0 amide bonds. The van der Waals surface area contributed by atoms with Crippen LogP contribution in [0.3, 0.4) is 0 Å². The molecule has 20 heavy (non-hydrogen) atoms. The summed E-state index contributed by atoms with van der Waals surface area (Å²) in [5.74, 6) is 0.588. The van der Waals surface area contributed by atoms with E-state index in [1.54, 1.807) is 4.31 Å². The van der Waals surface area contributed by atoms with Gasteiger partial charge in [-0.05, 0) is 45.1 Å². The Morgan fingerprint density at radius 1 is 1.25 bits per heavy atom. The Morgan fingerprint density at radius 2 is 2.05 bits per heavy atom. The summed E-state index contributed by atoms with van der Waals surface area (Å²) in [6.07, 6.45) is 6.60. The predicted octanol–water partition coefficient (Wildman–Crippen LogP) is 1.47. The van der Waals surface area contributed by atoms with Crippen molar-refractivity contribution < 1.29 is 8.42 Å². The van der Waals surface area contributed by atoms with E-state index in [0.29, 0.717) is 19.0 Å². The number of hydrogen-bond acceptors (Lipinski definition) is 3. The van der Waals surface area contributed by atoms with Crippen molar-refractivity contribution in [2.75, 3.05) is 19.6 Å². The molecule has 0 aromatic heterocycles. The Bertz CT molecular complexity index is 399. The van der Waals surface area contributed by atoms with Crippen LogP contribution in [0.25, 0.3) is 0 Å². The molecule has 0 radical (unpaired) electrons. The lowest BCUT2D eigenvalue weighted by molar-refractivity contribution is 0.254. The molecule has 0 aromatic rings. The van der Waals surface area contributed by atoms with Gasteiger partial charge >= 0.3 is 0 Å². The monoisotopic (exact) mass is 303 g/mol. The normalized spacial score (nSPS) is 33.2. The number of nitrogens with one attached hydrogen (secondary N) is 2. The highest BCUT2D eigenvalue weighted by molar-refractivity contribution is 7.87. The van der Waals surface area contributed by atoms with Crippen molar-refractivity contribution in [2.24, 2.45) is 5.92 Å². The van der Waals surface area contributed by atoms with Crippen LogP contribution in [0.15, 0.2) is 0 Å². The van der Waals surface area contributed by atoms with Crippen molar-refractivity contribution in [3.8, 4) is 0 Å². The maximum absolute atomic E-state index is 12.4. The van der Waals surface area contributed by atoms with E-state index in [9.17, 15) is 8.42 Å². The minimum Gasteiger partial charge on any atom is -0.312 e. The van der Waals surface area contributed by atoms with E-state index in [1.165, 1.54) is 12.8 Å². The summed E-state index contributed by atoms with van der Waals surface area (Å²) in [4.78, 5) is 0. The second-order valence-corrected chi connectivity index (χ2v) is 7.89. The number of piperidine rings is 2. The molecule has 5 nitrogen and oxygen atoms in total. The second-order valence-electron chi connectivity index (χ2n) is 6.18. The lowest BCUT2D eigenvalue weighted by Gasteiger charge is -2.35. The van der Waals surface area contributed by atoms with Crippen LogP contribution in [-0.2, 0) is 10.2 Å². The third kappa shape index (κ3) is 3.93. The highest BCUT2D eigenvalue weighted by atomic mass is 32.2. The molecule has 2 N–H and O–H groups in total. The van der Waals surface area contributed by atoms with E-state index in [2.05, 4.69) is 17.0 Å². The van der Waals surface area contributed by atoms with Gasteiger partial charge in [-0.1, -0.05) is 19.8 Å². The van der Waals surface area contributed by atoms with E-state index in [-0.39, 0.29) is 12.1 Å². The smallest absolute Gasteiger partial charge is 0.279 e. The summed E-state index contributed by atoms with van der Waals surface area (Å²) >= 11 is 0. The van der Waals surface area contributed by atoms with Gasteiger partial charge in [0, 0.05) is 25.2 Å². The van der Waals surface area contributed by atoms with Gasteiger partial charge in [0.1, 0.15) is 0 Å². The fourth-order valence-electron chi connectivity index (χ4n) is 3.45. The van der Waals surface area contributed by atoms with E-state index in [4.69, 9.17) is 0 Å². The van der Waals surface area contributed by atoms with Gasteiger partial charge in [-0.3, -0.25) is 0 Å². The van der Waals surface area contributed by atoms with Crippen LogP contribution in [0, 0.1) is 5.92 Å². The molecule has 0 aliphatic carbocycles. The average molecular weight is 303 g/mol. The lowest BCUT2D eigenvalue weighted by atomic mass is 9.89. The molecule has 3 unspecified atom stereocenters. The summed E-state index contributed by atoms with van der Waals surface area (Å²) in [6.45, 7) is 6.37. The van der Waals surface area contributed by atoms with Gasteiger partial charge in [0.2, 0.25) is 0 Å². The van der Waals surface area contributed by atoms with Gasteiger partial charge in [0.05, 0.1) is 0 Å². The average Bonchev–Trinajstić information content (AvgIpc) is 2.46. The molecule has 2 fully saturated rings. The molecule has 2 saturated heterocycles. The van der Waals surface area contributed by atoms with Gasteiger partial charge in [0.25, 0.3) is 10.2 Å². The zero-order chi connectivity index (χ0) is 14.6. The van der Waals surface area contributed by atoms with E-state index >= 15 is 0 Å². The van der Waals surface area contributed by atoms with Gasteiger partial charge in [0.15, 0.2) is 0 Å². The molecule has 2 aliphatic rings. The molecule has 2 heterocycles. The summed E-state index contributed by atoms with van der Waals surface area (Å²) in [7, 11) is -3.32. The van der Waals surface area contributed by atoms with Crippen molar-refractivity contribution in [1.29, 1.82) is 0 Å². The first-order valence-electron chi connectivity index (χ1n) is 8.04. The van der Waals surface area contributed by atoms with Gasteiger partial charge < -0.3 is 5.32 Å². The lowest BCUT2D eigenvalue weighted by Crippen LogP contribution is -2.53. The molecule has 0 bridgehead atoms. The van der Waals surface area contributed by atoms with Crippen LogP contribution >= 0.6 is 0 Å². The molecule has 0 spiro atoms. The van der Waals surface area contributed by atoms with Crippen molar-refractivity contribution in [1.82, 2.24) is 14.3 Å². The quantitative estimate of drug-likeness (QED) is 0.808. The Labute approximate surface area is 123 Å². The van der Waals surface area contributed by atoms with Gasteiger partial charge in [-0.2, -0.15) is 12.7 Å². The molecule has 0 saturated carbocycles. The largest absolute Gasteiger partial charge is 0.312 e. The van der Waals surface area contributed by atoms with Crippen LogP contribution in [0.5, 0.6) is 0 Å². The Morgan fingerprint density at radius 3 is 2.75 bits per heavy atom. The minimum absolute atomic E-state index is 0.127. The van der Waals surface area contributed by atoms with Crippen LogP contribution in [-0.4, -0.2) is 44.4 Å². The zero-order valence-electron chi connectivity index (χ0n) is 12.8. The number of hydrogen-bond donors (Lipinski definition) is 2. The minimum atomic E-state index is -3.32. The third-order valence-corrected chi connectivity index (χ3v) is 6.48. The van der Waals surface area contributed by atoms with E-state index in [1.807, 2.05) is 6.92 Å². The summed E-state index contributed by atoms with van der Waals surface area (Å²) in [5, 5.41) is 3.46. The molecular weight excluding hydrogens is 274 g/mol. The first-order valence-corrected chi connectivity index (χ1v) is 9.48. The Kier molecular flexibility index (Phi) is 5.84. The van der Waals surface area contributed by atoms with E-state index < -0.39 is 10.2 Å². The SMILES string of the molecule is CCC1CCCNC1CNS(=O)(=O)N1CCCCC1C. The van der Waals surface area contributed by atoms with Crippen molar-refractivity contribution in [3.63, 3.8) is 0 Å². The topological polar surface area (TPSA) is 61.4 Å². The molecule has 2 rings (SSSR count). The molecule has 6 heteroatoms.